The van der Waals surface area contributed by atoms with Crippen molar-refractivity contribution in [1.29, 1.82) is 0 Å². The lowest BCUT2D eigenvalue weighted by atomic mass is 10.1. The summed E-state index contributed by atoms with van der Waals surface area (Å²) in [5, 5.41) is 6.21. The number of ether oxygens (including phenoxy) is 1. The molecule has 128 valence electrons. The van der Waals surface area contributed by atoms with Crippen molar-refractivity contribution in [2.75, 3.05) is 25.5 Å². The van der Waals surface area contributed by atoms with Gasteiger partial charge in [-0.15, -0.1) is 0 Å². The molecule has 24 heavy (non-hydrogen) atoms. The molecule has 0 unspecified atom stereocenters. The van der Waals surface area contributed by atoms with Crippen LogP contribution >= 0.6 is 0 Å². The smallest absolute Gasteiger partial charge is 0.252 e. The minimum atomic E-state index is -0.0880. The van der Waals surface area contributed by atoms with E-state index in [2.05, 4.69) is 41.6 Å². The van der Waals surface area contributed by atoms with Gasteiger partial charge in [-0.25, -0.2) is 0 Å². The Morgan fingerprint density at radius 2 is 1.96 bits per heavy atom. The average Bonchev–Trinajstić information content (AvgIpc) is 2.60. The SMILES string of the molecule is COc1ccc(CCNc2cncc(C(=O)NCC(C)C)c2)cc1. The van der Waals surface area contributed by atoms with E-state index >= 15 is 0 Å². The van der Waals surface area contributed by atoms with Crippen LogP contribution in [-0.2, 0) is 6.42 Å². The van der Waals surface area contributed by atoms with Crippen molar-refractivity contribution in [3.63, 3.8) is 0 Å². The van der Waals surface area contributed by atoms with E-state index in [1.807, 2.05) is 18.2 Å². The van der Waals surface area contributed by atoms with Crippen molar-refractivity contribution in [2.45, 2.75) is 20.3 Å². The van der Waals surface area contributed by atoms with Crippen molar-refractivity contribution < 1.29 is 9.53 Å². The molecular formula is C19H25N3O2. The number of nitrogens with one attached hydrogen (secondary N) is 2. The zero-order valence-corrected chi connectivity index (χ0v) is 14.5. The molecule has 0 fully saturated rings. The zero-order chi connectivity index (χ0) is 17.4. The molecule has 5 nitrogen and oxygen atoms in total. The summed E-state index contributed by atoms with van der Waals surface area (Å²) in [6.07, 6.45) is 4.20. The fraction of sp³-hybridized carbons (Fsp3) is 0.368. The van der Waals surface area contributed by atoms with Crippen LogP contribution in [0.1, 0.15) is 29.8 Å². The molecule has 1 aromatic carbocycles. The number of benzene rings is 1. The highest BCUT2D eigenvalue weighted by atomic mass is 16.5. The van der Waals surface area contributed by atoms with Crippen molar-refractivity contribution in [2.24, 2.45) is 5.92 Å². The lowest BCUT2D eigenvalue weighted by Gasteiger charge is -2.10. The van der Waals surface area contributed by atoms with E-state index in [0.29, 0.717) is 18.0 Å². The van der Waals surface area contributed by atoms with Crippen LogP contribution in [0.3, 0.4) is 0 Å². The molecule has 0 atom stereocenters. The third-order valence-electron chi connectivity index (χ3n) is 3.57. The molecule has 0 aliphatic rings. The first-order chi connectivity index (χ1) is 11.6. The molecule has 0 radical (unpaired) electrons. The second kappa shape index (κ2) is 8.91. The number of rotatable bonds is 8. The number of carbonyl (C=O) groups excluding carboxylic acids is 1. The molecule has 0 bridgehead atoms. The van der Waals surface area contributed by atoms with Crippen LogP contribution in [0.2, 0.25) is 0 Å². The standard InChI is InChI=1S/C19H25N3O2/c1-14(2)11-22-19(23)16-10-17(13-20-12-16)21-9-8-15-4-6-18(24-3)7-5-15/h4-7,10,12-14,21H,8-9,11H2,1-3H3,(H,22,23). The van der Waals surface area contributed by atoms with Crippen LogP contribution in [0.25, 0.3) is 0 Å². The van der Waals surface area contributed by atoms with Crippen molar-refractivity contribution in [1.82, 2.24) is 10.3 Å². The molecule has 2 aromatic rings. The molecule has 0 saturated heterocycles. The number of pyridine rings is 1. The monoisotopic (exact) mass is 327 g/mol. The van der Waals surface area contributed by atoms with Gasteiger partial charge < -0.3 is 15.4 Å². The van der Waals surface area contributed by atoms with Gasteiger partial charge in [0, 0.05) is 25.5 Å². The molecule has 5 heteroatoms. The van der Waals surface area contributed by atoms with Gasteiger partial charge in [0.25, 0.3) is 5.91 Å². The number of nitrogens with zero attached hydrogens (tertiary/aromatic N) is 1. The van der Waals surface area contributed by atoms with Crippen molar-refractivity contribution in [3.05, 3.63) is 53.9 Å². The molecule has 0 spiro atoms. The summed E-state index contributed by atoms with van der Waals surface area (Å²) in [7, 11) is 1.66. The van der Waals surface area contributed by atoms with Gasteiger partial charge in [0.2, 0.25) is 0 Å². The molecule has 1 aromatic heterocycles. The number of anilines is 1. The van der Waals surface area contributed by atoms with E-state index in [4.69, 9.17) is 4.74 Å². The molecule has 0 saturated carbocycles. The minimum Gasteiger partial charge on any atom is -0.497 e. The summed E-state index contributed by atoms with van der Waals surface area (Å²) in [5.41, 5.74) is 2.65. The van der Waals surface area contributed by atoms with Gasteiger partial charge in [0.1, 0.15) is 5.75 Å². The van der Waals surface area contributed by atoms with Gasteiger partial charge in [-0.05, 0) is 36.1 Å². The van der Waals surface area contributed by atoms with E-state index in [0.717, 1.165) is 24.4 Å². The van der Waals surface area contributed by atoms with Crippen LogP contribution in [0.15, 0.2) is 42.7 Å². The van der Waals surface area contributed by atoms with Gasteiger partial charge in [0.15, 0.2) is 0 Å². The summed E-state index contributed by atoms with van der Waals surface area (Å²) in [6.45, 7) is 5.56. The van der Waals surface area contributed by atoms with E-state index in [1.54, 1.807) is 19.5 Å². The number of hydrogen-bond acceptors (Lipinski definition) is 4. The molecule has 1 amide bonds. The van der Waals surface area contributed by atoms with Crippen LogP contribution in [0.5, 0.6) is 5.75 Å². The van der Waals surface area contributed by atoms with Crippen LogP contribution < -0.4 is 15.4 Å². The lowest BCUT2D eigenvalue weighted by Crippen LogP contribution is -2.27. The van der Waals surface area contributed by atoms with Gasteiger partial charge in [-0.2, -0.15) is 0 Å². The summed E-state index contributed by atoms with van der Waals surface area (Å²) in [4.78, 5) is 16.2. The maximum Gasteiger partial charge on any atom is 0.252 e. The molecule has 0 aliphatic heterocycles. The number of aromatic nitrogens is 1. The Balaban J connectivity index is 1.86. The lowest BCUT2D eigenvalue weighted by molar-refractivity contribution is 0.0948. The van der Waals surface area contributed by atoms with Crippen molar-refractivity contribution in [3.8, 4) is 5.75 Å². The van der Waals surface area contributed by atoms with Crippen LogP contribution in [0.4, 0.5) is 5.69 Å². The van der Waals surface area contributed by atoms with Gasteiger partial charge in [-0.1, -0.05) is 26.0 Å². The topological polar surface area (TPSA) is 63.2 Å². The third-order valence-corrected chi connectivity index (χ3v) is 3.57. The van der Waals surface area contributed by atoms with Crippen LogP contribution in [0, 0.1) is 5.92 Å². The van der Waals surface area contributed by atoms with E-state index < -0.39 is 0 Å². The largest absolute Gasteiger partial charge is 0.497 e. The van der Waals surface area contributed by atoms with Crippen LogP contribution in [-0.4, -0.2) is 31.1 Å². The number of amides is 1. The van der Waals surface area contributed by atoms with Crippen molar-refractivity contribution >= 4 is 11.6 Å². The Morgan fingerprint density at radius 3 is 2.62 bits per heavy atom. The Hall–Kier alpha value is -2.56. The van der Waals surface area contributed by atoms with E-state index in [9.17, 15) is 4.79 Å². The second-order valence-corrected chi connectivity index (χ2v) is 6.09. The molecular weight excluding hydrogens is 302 g/mol. The molecule has 1 heterocycles. The van der Waals surface area contributed by atoms with E-state index in [1.165, 1.54) is 5.56 Å². The fourth-order valence-corrected chi connectivity index (χ4v) is 2.20. The Bertz CT molecular complexity index is 654. The quantitative estimate of drug-likeness (QED) is 0.782. The summed E-state index contributed by atoms with van der Waals surface area (Å²) >= 11 is 0. The van der Waals surface area contributed by atoms with E-state index in [-0.39, 0.29) is 5.91 Å². The normalized spacial score (nSPS) is 10.5. The zero-order valence-electron chi connectivity index (χ0n) is 14.5. The van der Waals surface area contributed by atoms with Gasteiger partial charge >= 0.3 is 0 Å². The maximum atomic E-state index is 12.1. The third kappa shape index (κ3) is 5.57. The average molecular weight is 327 g/mol. The predicted octanol–water partition coefficient (Wildman–Crippen LogP) is 3.13. The summed E-state index contributed by atoms with van der Waals surface area (Å²) in [5.74, 6) is 1.19. The summed E-state index contributed by atoms with van der Waals surface area (Å²) in [6, 6.07) is 9.84. The first-order valence-electron chi connectivity index (χ1n) is 8.18. The highest BCUT2D eigenvalue weighted by Crippen LogP contribution is 2.13. The fourth-order valence-electron chi connectivity index (χ4n) is 2.20. The highest BCUT2D eigenvalue weighted by molar-refractivity contribution is 5.94. The first-order valence-corrected chi connectivity index (χ1v) is 8.18. The van der Waals surface area contributed by atoms with Gasteiger partial charge in [0.05, 0.1) is 18.4 Å². The molecule has 2 N–H and O–H groups in total. The molecule has 0 aliphatic carbocycles. The Morgan fingerprint density at radius 1 is 1.21 bits per heavy atom. The first kappa shape index (κ1) is 17.8. The summed E-state index contributed by atoms with van der Waals surface area (Å²) < 4.78 is 5.15. The Labute approximate surface area is 143 Å². The second-order valence-electron chi connectivity index (χ2n) is 6.09. The minimum absolute atomic E-state index is 0.0880. The van der Waals surface area contributed by atoms with Gasteiger partial charge in [-0.3, -0.25) is 9.78 Å². The maximum absolute atomic E-state index is 12.1. The number of methoxy groups -OCH3 is 1. The predicted molar refractivity (Wildman–Crippen MR) is 96.6 cm³/mol. The molecule has 2 rings (SSSR count). The Kier molecular flexibility index (Phi) is 6.61. The number of hydrogen-bond donors (Lipinski definition) is 2. The highest BCUT2D eigenvalue weighted by Gasteiger charge is 2.07. The number of carbonyl (C=O) groups is 1.